The first kappa shape index (κ1) is 9.90. The first-order valence-electron chi connectivity index (χ1n) is 6.95. The second-order valence-electron chi connectivity index (χ2n) is 6.24. The van der Waals surface area contributed by atoms with Crippen molar-refractivity contribution in [2.45, 2.75) is 62.9 Å². The maximum atomic E-state index is 5.62. The topological polar surface area (TPSA) is 25.1 Å². The highest BCUT2D eigenvalue weighted by molar-refractivity contribution is 4.99. The molecule has 2 heterocycles. The van der Waals surface area contributed by atoms with Gasteiger partial charge in [0.25, 0.3) is 0 Å². The van der Waals surface area contributed by atoms with Crippen molar-refractivity contribution in [1.82, 2.24) is 0 Å². The molecule has 2 saturated carbocycles. The summed E-state index contributed by atoms with van der Waals surface area (Å²) in [5, 5.41) is 0. The third kappa shape index (κ3) is 1.62. The van der Waals surface area contributed by atoms with E-state index in [1.165, 1.54) is 38.5 Å². The predicted octanol–water partition coefficient (Wildman–Crippen LogP) is 2.57. The highest BCUT2D eigenvalue weighted by Crippen LogP contribution is 2.48. The summed E-state index contributed by atoms with van der Waals surface area (Å²) in [6, 6.07) is 0. The summed E-state index contributed by atoms with van der Waals surface area (Å²) in [4.78, 5) is 0. The van der Waals surface area contributed by atoms with Crippen LogP contribution in [0.3, 0.4) is 0 Å². The molecule has 0 aromatic carbocycles. The van der Waals surface area contributed by atoms with Crippen molar-refractivity contribution in [3.63, 3.8) is 0 Å². The third-order valence-electron chi connectivity index (χ3n) is 5.30. The third-order valence-corrected chi connectivity index (χ3v) is 5.30. The van der Waals surface area contributed by atoms with E-state index in [2.05, 4.69) is 6.92 Å². The number of ether oxygens (including phenoxy) is 2. The first-order valence-corrected chi connectivity index (χ1v) is 6.95. The zero-order valence-corrected chi connectivity index (χ0v) is 9.81. The fraction of sp³-hybridized carbons (Fsp3) is 0.929. The first-order chi connectivity index (χ1) is 7.81. The SMILES string of the molecule is [CH2]C(C1CCC2OC2C1)C1CCC2OC2C1. The Labute approximate surface area is 97.7 Å². The van der Waals surface area contributed by atoms with Crippen LogP contribution in [-0.2, 0) is 9.47 Å². The molecule has 1 radical (unpaired) electrons. The molecular weight excluding hydrogens is 200 g/mol. The molecule has 2 aliphatic carbocycles. The van der Waals surface area contributed by atoms with Gasteiger partial charge in [0.05, 0.1) is 24.4 Å². The van der Waals surface area contributed by atoms with E-state index < -0.39 is 0 Å². The highest BCUT2D eigenvalue weighted by atomic mass is 16.6. The molecule has 4 rings (SSSR count). The molecule has 0 bridgehead atoms. The largest absolute Gasteiger partial charge is 0.370 e. The van der Waals surface area contributed by atoms with Crippen LogP contribution in [-0.4, -0.2) is 24.4 Å². The van der Waals surface area contributed by atoms with Gasteiger partial charge in [0.1, 0.15) is 0 Å². The molecule has 0 amide bonds. The van der Waals surface area contributed by atoms with Gasteiger partial charge in [-0.05, 0) is 63.2 Å². The van der Waals surface area contributed by atoms with Crippen molar-refractivity contribution in [2.75, 3.05) is 0 Å². The molecule has 0 N–H and O–H groups in total. The van der Waals surface area contributed by atoms with Crippen LogP contribution in [0.15, 0.2) is 0 Å². The van der Waals surface area contributed by atoms with Crippen molar-refractivity contribution < 1.29 is 9.47 Å². The lowest BCUT2D eigenvalue weighted by molar-refractivity contribution is 0.195. The number of fused-ring (bicyclic) bond motifs is 2. The van der Waals surface area contributed by atoms with E-state index in [9.17, 15) is 0 Å². The molecule has 2 nitrogen and oxygen atoms in total. The minimum atomic E-state index is 0.608. The van der Waals surface area contributed by atoms with E-state index >= 15 is 0 Å². The van der Waals surface area contributed by atoms with Gasteiger partial charge in [-0.3, -0.25) is 0 Å². The van der Waals surface area contributed by atoms with Crippen molar-refractivity contribution in [3.05, 3.63) is 6.92 Å². The summed E-state index contributed by atoms with van der Waals surface area (Å²) in [6.07, 6.45) is 10.3. The molecular formula is C14H21O2. The molecule has 89 valence electrons. The molecule has 0 aromatic heterocycles. The van der Waals surface area contributed by atoms with Crippen molar-refractivity contribution in [2.24, 2.45) is 17.8 Å². The van der Waals surface area contributed by atoms with Gasteiger partial charge >= 0.3 is 0 Å². The average molecular weight is 221 g/mol. The Morgan fingerprint density at radius 3 is 1.69 bits per heavy atom. The Morgan fingerprint density at radius 2 is 1.25 bits per heavy atom. The van der Waals surface area contributed by atoms with Gasteiger partial charge in [0.15, 0.2) is 0 Å². The normalized spacial score (nSPS) is 56.1. The van der Waals surface area contributed by atoms with Crippen LogP contribution in [0.5, 0.6) is 0 Å². The van der Waals surface area contributed by atoms with Crippen LogP contribution in [0.25, 0.3) is 0 Å². The van der Waals surface area contributed by atoms with Crippen LogP contribution in [0.1, 0.15) is 38.5 Å². The fourth-order valence-corrected chi connectivity index (χ4v) is 4.03. The molecule has 16 heavy (non-hydrogen) atoms. The highest BCUT2D eigenvalue weighted by Gasteiger charge is 2.49. The van der Waals surface area contributed by atoms with Crippen LogP contribution >= 0.6 is 0 Å². The van der Waals surface area contributed by atoms with E-state index in [-0.39, 0.29) is 0 Å². The lowest BCUT2D eigenvalue weighted by Crippen LogP contribution is -2.29. The van der Waals surface area contributed by atoms with E-state index in [0.29, 0.717) is 30.3 Å². The summed E-state index contributed by atoms with van der Waals surface area (Å²) in [5.41, 5.74) is 0. The molecule has 2 saturated heterocycles. The van der Waals surface area contributed by atoms with Gasteiger partial charge in [-0.15, -0.1) is 0 Å². The maximum absolute atomic E-state index is 5.62. The molecule has 6 atom stereocenters. The quantitative estimate of drug-likeness (QED) is 0.670. The summed E-state index contributed by atoms with van der Waals surface area (Å²) in [5.74, 6) is 2.29. The Balaban J connectivity index is 1.38. The second-order valence-corrected chi connectivity index (χ2v) is 6.24. The molecule has 4 fully saturated rings. The smallest absolute Gasteiger partial charge is 0.0844 e. The second kappa shape index (κ2) is 3.46. The number of rotatable bonds is 2. The van der Waals surface area contributed by atoms with Crippen LogP contribution < -0.4 is 0 Å². The summed E-state index contributed by atoms with van der Waals surface area (Å²) >= 11 is 0. The van der Waals surface area contributed by atoms with Gasteiger partial charge < -0.3 is 9.47 Å². The molecule has 2 heteroatoms. The van der Waals surface area contributed by atoms with Gasteiger partial charge in [-0.2, -0.15) is 0 Å². The van der Waals surface area contributed by atoms with Crippen molar-refractivity contribution in [3.8, 4) is 0 Å². The molecule has 0 aromatic rings. The van der Waals surface area contributed by atoms with Crippen LogP contribution in [0.2, 0.25) is 0 Å². The maximum Gasteiger partial charge on any atom is 0.0844 e. The standard InChI is InChI=1S/C14H21O2/c1-8(9-2-4-11-13(6-9)15-11)10-3-5-12-14(7-10)16-12/h8-14H,1-7H2. The number of hydrogen-bond acceptors (Lipinski definition) is 2. The van der Waals surface area contributed by atoms with E-state index in [4.69, 9.17) is 9.47 Å². The number of hydrogen-bond donors (Lipinski definition) is 0. The minimum absolute atomic E-state index is 0.608. The molecule has 2 aliphatic heterocycles. The van der Waals surface area contributed by atoms with Gasteiger partial charge in [0.2, 0.25) is 0 Å². The zero-order chi connectivity index (χ0) is 10.7. The summed E-state index contributed by atoms with van der Waals surface area (Å²) < 4.78 is 11.2. The van der Waals surface area contributed by atoms with Gasteiger partial charge in [0, 0.05) is 0 Å². The summed E-state index contributed by atoms with van der Waals surface area (Å²) in [7, 11) is 0. The van der Waals surface area contributed by atoms with E-state index in [1.807, 2.05) is 0 Å². The molecule has 6 unspecified atom stereocenters. The van der Waals surface area contributed by atoms with E-state index in [1.54, 1.807) is 0 Å². The number of epoxide rings is 2. The van der Waals surface area contributed by atoms with Crippen LogP contribution in [0.4, 0.5) is 0 Å². The lowest BCUT2D eigenvalue weighted by Gasteiger charge is -2.33. The Hall–Kier alpha value is -0.0800. The van der Waals surface area contributed by atoms with Crippen LogP contribution in [0, 0.1) is 24.7 Å². The van der Waals surface area contributed by atoms with Gasteiger partial charge in [-0.25, -0.2) is 0 Å². The Bertz CT molecular complexity index is 262. The van der Waals surface area contributed by atoms with Crippen molar-refractivity contribution >= 4 is 0 Å². The zero-order valence-electron chi connectivity index (χ0n) is 9.81. The average Bonchev–Trinajstić information content (AvgIpc) is 3.19. The Morgan fingerprint density at radius 1 is 0.750 bits per heavy atom. The van der Waals surface area contributed by atoms with E-state index in [0.717, 1.165) is 11.8 Å². The predicted molar refractivity (Wildman–Crippen MR) is 60.9 cm³/mol. The molecule has 4 aliphatic rings. The van der Waals surface area contributed by atoms with Gasteiger partial charge in [-0.1, -0.05) is 0 Å². The monoisotopic (exact) mass is 221 g/mol. The lowest BCUT2D eigenvalue weighted by atomic mass is 9.70. The summed E-state index contributed by atoms with van der Waals surface area (Å²) in [6.45, 7) is 4.48. The minimum Gasteiger partial charge on any atom is -0.370 e. The van der Waals surface area contributed by atoms with Crippen molar-refractivity contribution in [1.29, 1.82) is 0 Å². The molecule has 0 spiro atoms. The fourth-order valence-electron chi connectivity index (χ4n) is 4.03. The Kier molecular flexibility index (Phi) is 2.14.